The third-order valence-corrected chi connectivity index (χ3v) is 2.28. The summed E-state index contributed by atoms with van der Waals surface area (Å²) in [6.45, 7) is 3.03. The molecule has 1 aromatic carbocycles. The zero-order valence-electron chi connectivity index (χ0n) is 8.62. The Bertz CT molecular complexity index is 365. The monoisotopic (exact) mass is 206 g/mol. The van der Waals surface area contributed by atoms with Crippen molar-refractivity contribution in [3.8, 4) is 5.75 Å². The fourth-order valence-electron chi connectivity index (χ4n) is 1.55. The molecule has 0 aromatic heterocycles. The Morgan fingerprint density at radius 1 is 1.60 bits per heavy atom. The van der Waals surface area contributed by atoms with Crippen LogP contribution in [0.4, 0.5) is 5.69 Å². The molecule has 0 radical (unpaired) electrons. The summed E-state index contributed by atoms with van der Waals surface area (Å²) in [6.07, 6.45) is -0.431. The Morgan fingerprint density at radius 3 is 3.20 bits per heavy atom. The van der Waals surface area contributed by atoms with Gasteiger partial charge in [-0.05, 0) is 19.1 Å². The van der Waals surface area contributed by atoms with Crippen LogP contribution in [0.5, 0.6) is 5.75 Å². The number of carbonyl (C=O) groups is 1. The van der Waals surface area contributed by atoms with Gasteiger partial charge in [0.1, 0.15) is 5.75 Å². The Kier molecular flexibility index (Phi) is 2.76. The number of para-hydroxylation sites is 2. The largest absolute Gasteiger partial charge is 0.477 e. The van der Waals surface area contributed by atoms with Crippen molar-refractivity contribution < 1.29 is 9.53 Å². The quantitative estimate of drug-likeness (QED) is 0.758. The number of rotatable bonds is 2. The highest BCUT2D eigenvalue weighted by Crippen LogP contribution is 2.27. The van der Waals surface area contributed by atoms with Gasteiger partial charge in [-0.15, -0.1) is 0 Å². The van der Waals surface area contributed by atoms with E-state index in [0.29, 0.717) is 13.1 Å². The molecule has 4 heteroatoms. The lowest BCUT2D eigenvalue weighted by Gasteiger charge is -2.26. The SMILES string of the molecule is CCNC(=O)C1CNc2ccccc2O1. The summed E-state index contributed by atoms with van der Waals surface area (Å²) in [7, 11) is 0. The van der Waals surface area contributed by atoms with Crippen LogP contribution in [0.3, 0.4) is 0 Å². The van der Waals surface area contributed by atoms with E-state index in [-0.39, 0.29) is 5.91 Å². The molecule has 1 amide bonds. The van der Waals surface area contributed by atoms with Crippen molar-refractivity contribution >= 4 is 11.6 Å². The van der Waals surface area contributed by atoms with E-state index in [2.05, 4.69) is 10.6 Å². The van der Waals surface area contributed by atoms with Crippen LogP contribution >= 0.6 is 0 Å². The Labute approximate surface area is 88.6 Å². The van der Waals surface area contributed by atoms with E-state index in [1.807, 2.05) is 31.2 Å². The number of hydrogen-bond acceptors (Lipinski definition) is 3. The molecule has 2 N–H and O–H groups in total. The fraction of sp³-hybridized carbons (Fsp3) is 0.364. The molecule has 80 valence electrons. The minimum Gasteiger partial charge on any atom is -0.477 e. The number of fused-ring (bicyclic) bond motifs is 1. The normalized spacial score (nSPS) is 18.3. The van der Waals surface area contributed by atoms with E-state index in [4.69, 9.17) is 4.74 Å². The highest BCUT2D eigenvalue weighted by atomic mass is 16.5. The van der Waals surface area contributed by atoms with Crippen LogP contribution in [0.2, 0.25) is 0 Å². The number of amides is 1. The second kappa shape index (κ2) is 4.21. The molecular formula is C11H14N2O2. The van der Waals surface area contributed by atoms with Gasteiger partial charge in [-0.2, -0.15) is 0 Å². The van der Waals surface area contributed by atoms with Crippen LogP contribution < -0.4 is 15.4 Å². The van der Waals surface area contributed by atoms with Gasteiger partial charge in [0.2, 0.25) is 0 Å². The number of ether oxygens (including phenoxy) is 1. The van der Waals surface area contributed by atoms with Crippen molar-refractivity contribution in [1.82, 2.24) is 5.32 Å². The molecule has 1 heterocycles. The molecule has 2 rings (SSSR count). The maximum absolute atomic E-state index is 11.5. The van der Waals surface area contributed by atoms with Gasteiger partial charge in [0.15, 0.2) is 6.10 Å². The lowest BCUT2D eigenvalue weighted by atomic mass is 10.2. The van der Waals surface area contributed by atoms with Gasteiger partial charge in [-0.1, -0.05) is 12.1 Å². The number of hydrogen-bond donors (Lipinski definition) is 2. The molecule has 0 saturated carbocycles. The molecule has 0 saturated heterocycles. The average molecular weight is 206 g/mol. The van der Waals surface area contributed by atoms with Crippen LogP contribution in [0.25, 0.3) is 0 Å². The third-order valence-electron chi connectivity index (χ3n) is 2.28. The summed E-state index contributed by atoms with van der Waals surface area (Å²) in [5.74, 6) is 0.666. The van der Waals surface area contributed by atoms with E-state index < -0.39 is 6.10 Å². The highest BCUT2D eigenvalue weighted by Gasteiger charge is 2.24. The summed E-state index contributed by atoms with van der Waals surface area (Å²) < 4.78 is 5.57. The fourth-order valence-corrected chi connectivity index (χ4v) is 1.55. The molecule has 0 aliphatic carbocycles. The van der Waals surface area contributed by atoms with Crippen LogP contribution in [0.1, 0.15) is 6.92 Å². The summed E-state index contributed by atoms with van der Waals surface area (Å²) in [5, 5.41) is 5.91. The first-order valence-corrected chi connectivity index (χ1v) is 5.08. The number of nitrogens with one attached hydrogen (secondary N) is 2. The zero-order valence-corrected chi connectivity index (χ0v) is 8.62. The standard InChI is InChI=1S/C11H14N2O2/c1-2-12-11(14)10-7-13-8-5-3-4-6-9(8)15-10/h3-6,10,13H,2,7H2,1H3,(H,12,14). The van der Waals surface area contributed by atoms with Crippen LogP contribution in [0.15, 0.2) is 24.3 Å². The molecule has 0 fully saturated rings. The van der Waals surface area contributed by atoms with E-state index in [1.165, 1.54) is 0 Å². The van der Waals surface area contributed by atoms with Gasteiger partial charge in [0, 0.05) is 6.54 Å². The van der Waals surface area contributed by atoms with Crippen molar-refractivity contribution in [3.05, 3.63) is 24.3 Å². The van der Waals surface area contributed by atoms with Crippen LogP contribution in [-0.2, 0) is 4.79 Å². The van der Waals surface area contributed by atoms with Crippen molar-refractivity contribution in [1.29, 1.82) is 0 Å². The van der Waals surface area contributed by atoms with Gasteiger partial charge in [-0.25, -0.2) is 0 Å². The molecular weight excluding hydrogens is 192 g/mol. The van der Waals surface area contributed by atoms with Crippen LogP contribution in [-0.4, -0.2) is 25.1 Å². The molecule has 1 aliphatic heterocycles. The van der Waals surface area contributed by atoms with Crippen LogP contribution in [0, 0.1) is 0 Å². The van der Waals surface area contributed by atoms with Gasteiger partial charge in [0.25, 0.3) is 5.91 Å². The van der Waals surface area contributed by atoms with Crippen molar-refractivity contribution in [3.63, 3.8) is 0 Å². The maximum atomic E-state index is 11.5. The van der Waals surface area contributed by atoms with E-state index >= 15 is 0 Å². The van der Waals surface area contributed by atoms with E-state index in [1.54, 1.807) is 0 Å². The lowest BCUT2D eigenvalue weighted by Crippen LogP contribution is -2.44. The second-order valence-corrected chi connectivity index (χ2v) is 3.38. The summed E-state index contributed by atoms with van der Waals surface area (Å²) in [4.78, 5) is 11.5. The predicted octanol–water partition coefficient (Wildman–Crippen LogP) is 0.996. The Balaban J connectivity index is 2.08. The van der Waals surface area contributed by atoms with Crippen molar-refractivity contribution in [2.24, 2.45) is 0 Å². The number of anilines is 1. The minimum atomic E-state index is -0.431. The first-order valence-electron chi connectivity index (χ1n) is 5.08. The van der Waals surface area contributed by atoms with Gasteiger partial charge in [0.05, 0.1) is 12.2 Å². The Morgan fingerprint density at radius 2 is 2.40 bits per heavy atom. The zero-order chi connectivity index (χ0) is 10.7. The summed E-state index contributed by atoms with van der Waals surface area (Å²) in [5.41, 5.74) is 0.943. The number of benzene rings is 1. The highest BCUT2D eigenvalue weighted by molar-refractivity contribution is 5.82. The first-order chi connectivity index (χ1) is 7.31. The maximum Gasteiger partial charge on any atom is 0.262 e. The lowest BCUT2D eigenvalue weighted by molar-refractivity contribution is -0.127. The topological polar surface area (TPSA) is 50.4 Å². The molecule has 15 heavy (non-hydrogen) atoms. The minimum absolute atomic E-state index is 0.0699. The molecule has 4 nitrogen and oxygen atoms in total. The molecule has 1 unspecified atom stereocenters. The predicted molar refractivity (Wildman–Crippen MR) is 58.0 cm³/mol. The Hall–Kier alpha value is -1.71. The van der Waals surface area contributed by atoms with Gasteiger partial charge in [-0.3, -0.25) is 4.79 Å². The average Bonchev–Trinajstić information content (AvgIpc) is 2.29. The molecule has 1 aliphatic rings. The molecule has 0 spiro atoms. The third kappa shape index (κ3) is 2.03. The molecule has 1 atom stereocenters. The second-order valence-electron chi connectivity index (χ2n) is 3.38. The summed E-state index contributed by atoms with van der Waals surface area (Å²) in [6, 6.07) is 7.61. The van der Waals surface area contributed by atoms with Gasteiger partial charge < -0.3 is 15.4 Å². The number of likely N-dealkylation sites (N-methyl/N-ethyl adjacent to an activating group) is 1. The van der Waals surface area contributed by atoms with Crippen molar-refractivity contribution in [2.75, 3.05) is 18.4 Å². The van der Waals surface area contributed by atoms with Crippen molar-refractivity contribution in [2.45, 2.75) is 13.0 Å². The molecule has 1 aromatic rings. The smallest absolute Gasteiger partial charge is 0.262 e. The van der Waals surface area contributed by atoms with Gasteiger partial charge >= 0.3 is 0 Å². The molecule has 0 bridgehead atoms. The first kappa shape index (κ1) is 9.83. The van der Waals surface area contributed by atoms with E-state index in [9.17, 15) is 4.79 Å². The summed E-state index contributed by atoms with van der Waals surface area (Å²) >= 11 is 0. The van der Waals surface area contributed by atoms with E-state index in [0.717, 1.165) is 11.4 Å². The number of carbonyl (C=O) groups excluding carboxylic acids is 1.